The molecule has 1 saturated carbocycles. The minimum atomic E-state index is -0.737. The molecule has 1 unspecified atom stereocenters. The predicted molar refractivity (Wildman–Crippen MR) is 63.5 cm³/mol. The maximum absolute atomic E-state index is 11.3. The van der Waals surface area contributed by atoms with Gasteiger partial charge in [-0.3, -0.25) is 9.59 Å². The Balaban J connectivity index is 2.06. The molecule has 1 saturated heterocycles. The van der Waals surface area contributed by atoms with Crippen molar-refractivity contribution in [3.05, 3.63) is 0 Å². The number of hydrogen-bond donors (Lipinski definition) is 2. The summed E-state index contributed by atoms with van der Waals surface area (Å²) >= 11 is 7.50. The summed E-state index contributed by atoms with van der Waals surface area (Å²) in [6.45, 7) is 1.17. The van der Waals surface area contributed by atoms with Gasteiger partial charge in [-0.05, 0) is 12.3 Å². The van der Waals surface area contributed by atoms with Gasteiger partial charge in [0.2, 0.25) is 0 Å². The zero-order valence-corrected chi connectivity index (χ0v) is 10.5. The van der Waals surface area contributed by atoms with Crippen LogP contribution >= 0.6 is 25.3 Å². The van der Waals surface area contributed by atoms with E-state index in [9.17, 15) is 9.59 Å². The Bertz CT molecular complexity index is 298. The number of hydrogen-bond acceptors (Lipinski definition) is 4. The Morgan fingerprint density at radius 3 is 2.25 bits per heavy atom. The molecule has 2 fully saturated rings. The molecular formula is C10H14O4S2. The number of rotatable bonds is 3. The highest BCUT2D eigenvalue weighted by Gasteiger charge is 2.48. The van der Waals surface area contributed by atoms with Gasteiger partial charge in [-0.2, -0.15) is 0 Å². The number of thiol groups is 2. The molecule has 2 rings (SSSR count). The average Bonchev–Trinajstić information content (AvgIpc) is 2.77. The van der Waals surface area contributed by atoms with E-state index in [2.05, 4.69) is 25.3 Å². The maximum atomic E-state index is 11.3. The van der Waals surface area contributed by atoms with Gasteiger partial charge >= 0.3 is 0 Å². The lowest BCUT2D eigenvalue weighted by molar-refractivity contribution is -0.154. The van der Waals surface area contributed by atoms with Gasteiger partial charge in [0.05, 0.1) is 19.1 Å². The second-order valence-corrected chi connectivity index (χ2v) is 5.15. The first-order valence-corrected chi connectivity index (χ1v) is 6.17. The Hall–Kier alpha value is -0.0400. The van der Waals surface area contributed by atoms with Crippen LogP contribution in [0.1, 0.15) is 19.3 Å². The lowest BCUT2D eigenvalue weighted by Crippen LogP contribution is -2.30. The third kappa shape index (κ3) is 2.30. The van der Waals surface area contributed by atoms with E-state index in [1.807, 2.05) is 0 Å². The van der Waals surface area contributed by atoms with Crippen LogP contribution in [0, 0.1) is 11.8 Å². The van der Waals surface area contributed by atoms with E-state index in [0.717, 1.165) is 12.8 Å². The highest BCUT2D eigenvalue weighted by Crippen LogP contribution is 2.44. The first kappa shape index (κ1) is 12.4. The highest BCUT2D eigenvalue weighted by molar-refractivity contribution is 7.99. The summed E-state index contributed by atoms with van der Waals surface area (Å²) in [5.74, 6) is -1.36. The second kappa shape index (κ2) is 4.68. The standard InChI is InChI=1S/C10H14O4S2/c11-8(15)7(9(12)16)6-1-2-10(5-6)13-3-4-14-10/h6-7H,1-5H2,(H,11,15)(H,12,16). The first-order chi connectivity index (χ1) is 7.54. The van der Waals surface area contributed by atoms with Crippen LogP contribution in [0.2, 0.25) is 0 Å². The summed E-state index contributed by atoms with van der Waals surface area (Å²) in [5.41, 5.74) is 0. The Morgan fingerprint density at radius 2 is 1.75 bits per heavy atom. The molecule has 1 spiro atoms. The van der Waals surface area contributed by atoms with Crippen LogP contribution in [-0.4, -0.2) is 29.2 Å². The minimum absolute atomic E-state index is 0.0619. The van der Waals surface area contributed by atoms with Crippen LogP contribution in [-0.2, 0) is 19.1 Å². The fraction of sp³-hybridized carbons (Fsp3) is 0.800. The molecule has 16 heavy (non-hydrogen) atoms. The second-order valence-electron chi connectivity index (χ2n) is 4.26. The summed E-state index contributed by atoms with van der Waals surface area (Å²) in [6.07, 6.45) is 2.05. The molecule has 0 bridgehead atoms. The third-order valence-electron chi connectivity index (χ3n) is 3.29. The summed E-state index contributed by atoms with van der Waals surface area (Å²) in [5, 5.41) is -0.833. The molecule has 0 aromatic rings. The lowest BCUT2D eigenvalue weighted by Gasteiger charge is -2.23. The van der Waals surface area contributed by atoms with Crippen LogP contribution < -0.4 is 0 Å². The van der Waals surface area contributed by atoms with E-state index in [-0.39, 0.29) is 5.92 Å². The van der Waals surface area contributed by atoms with E-state index in [1.54, 1.807) is 0 Å². The van der Waals surface area contributed by atoms with E-state index in [0.29, 0.717) is 19.6 Å². The molecule has 0 aromatic carbocycles. The molecule has 4 nitrogen and oxygen atoms in total. The Kier molecular flexibility index (Phi) is 3.63. The maximum Gasteiger partial charge on any atom is 0.197 e. The van der Waals surface area contributed by atoms with Gasteiger partial charge in [-0.25, -0.2) is 0 Å². The first-order valence-electron chi connectivity index (χ1n) is 5.28. The van der Waals surface area contributed by atoms with Crippen molar-refractivity contribution in [1.29, 1.82) is 0 Å². The van der Waals surface area contributed by atoms with Gasteiger partial charge in [-0.15, -0.1) is 25.3 Å². The van der Waals surface area contributed by atoms with Crippen LogP contribution in [0.3, 0.4) is 0 Å². The lowest BCUT2D eigenvalue weighted by atomic mass is 9.92. The molecule has 0 aromatic heterocycles. The van der Waals surface area contributed by atoms with Crippen LogP contribution in [0.5, 0.6) is 0 Å². The number of carbonyl (C=O) groups is 2. The van der Waals surface area contributed by atoms with Crippen molar-refractivity contribution in [2.75, 3.05) is 13.2 Å². The fourth-order valence-electron chi connectivity index (χ4n) is 2.56. The molecule has 1 atom stereocenters. The smallest absolute Gasteiger partial charge is 0.197 e. The van der Waals surface area contributed by atoms with Gasteiger partial charge in [0.15, 0.2) is 16.0 Å². The van der Waals surface area contributed by atoms with Crippen LogP contribution in [0.25, 0.3) is 0 Å². The van der Waals surface area contributed by atoms with E-state index < -0.39 is 21.9 Å². The molecule has 90 valence electrons. The molecular weight excluding hydrogens is 248 g/mol. The molecule has 0 N–H and O–H groups in total. The highest BCUT2D eigenvalue weighted by atomic mass is 32.1. The van der Waals surface area contributed by atoms with Crippen molar-refractivity contribution in [2.45, 2.75) is 25.0 Å². The third-order valence-corrected chi connectivity index (χ3v) is 3.84. The summed E-state index contributed by atoms with van der Waals surface area (Å²) < 4.78 is 11.1. The summed E-state index contributed by atoms with van der Waals surface area (Å²) in [6, 6.07) is 0. The van der Waals surface area contributed by atoms with E-state index in [1.165, 1.54) is 0 Å². The van der Waals surface area contributed by atoms with Crippen molar-refractivity contribution in [3.63, 3.8) is 0 Å². The molecule has 1 aliphatic heterocycles. The summed E-state index contributed by atoms with van der Waals surface area (Å²) in [4.78, 5) is 22.6. The van der Waals surface area contributed by atoms with Gasteiger partial charge in [-0.1, -0.05) is 0 Å². The SMILES string of the molecule is O=C(S)C(C(=O)S)C1CCC2(C1)OCCO2. The Labute approximate surface area is 105 Å². The molecule has 6 heteroatoms. The Morgan fingerprint density at radius 1 is 1.19 bits per heavy atom. The normalized spacial score (nSPS) is 27.8. The largest absolute Gasteiger partial charge is 0.348 e. The fourth-order valence-corrected chi connectivity index (χ4v) is 3.32. The molecule has 0 radical (unpaired) electrons. The van der Waals surface area contributed by atoms with Gasteiger partial charge in [0, 0.05) is 12.8 Å². The quantitative estimate of drug-likeness (QED) is 0.590. The number of carbonyl (C=O) groups excluding carboxylic acids is 2. The molecule has 1 aliphatic carbocycles. The van der Waals surface area contributed by atoms with Crippen LogP contribution in [0.4, 0.5) is 0 Å². The van der Waals surface area contributed by atoms with Crippen molar-refractivity contribution < 1.29 is 19.1 Å². The van der Waals surface area contributed by atoms with Crippen molar-refractivity contribution >= 4 is 35.5 Å². The zero-order chi connectivity index (χ0) is 11.8. The van der Waals surface area contributed by atoms with Gasteiger partial charge < -0.3 is 9.47 Å². The number of ether oxygens (including phenoxy) is 2. The predicted octanol–water partition coefficient (Wildman–Crippen LogP) is 1.06. The topological polar surface area (TPSA) is 52.6 Å². The summed E-state index contributed by atoms with van der Waals surface area (Å²) in [7, 11) is 0. The average molecular weight is 262 g/mol. The monoisotopic (exact) mass is 262 g/mol. The zero-order valence-electron chi connectivity index (χ0n) is 8.72. The van der Waals surface area contributed by atoms with E-state index >= 15 is 0 Å². The van der Waals surface area contributed by atoms with Gasteiger partial charge in [0.1, 0.15) is 0 Å². The van der Waals surface area contributed by atoms with E-state index in [4.69, 9.17) is 9.47 Å². The van der Waals surface area contributed by atoms with Crippen molar-refractivity contribution in [1.82, 2.24) is 0 Å². The molecule has 2 aliphatic rings. The minimum Gasteiger partial charge on any atom is -0.348 e. The molecule has 1 heterocycles. The van der Waals surface area contributed by atoms with Gasteiger partial charge in [0.25, 0.3) is 0 Å². The molecule has 0 amide bonds. The van der Waals surface area contributed by atoms with Crippen molar-refractivity contribution in [3.8, 4) is 0 Å². The van der Waals surface area contributed by atoms with Crippen molar-refractivity contribution in [2.24, 2.45) is 11.8 Å². The van der Waals surface area contributed by atoms with Crippen LogP contribution in [0.15, 0.2) is 0 Å².